The van der Waals surface area contributed by atoms with E-state index >= 15 is 0 Å². The van der Waals surface area contributed by atoms with Crippen molar-refractivity contribution in [3.63, 3.8) is 0 Å². The van der Waals surface area contributed by atoms with Gasteiger partial charge in [0.25, 0.3) is 0 Å². The molecule has 0 aliphatic carbocycles. The van der Waals surface area contributed by atoms with E-state index in [-0.39, 0.29) is 4.90 Å². The summed E-state index contributed by atoms with van der Waals surface area (Å²) in [5, 5.41) is 5.04. The minimum absolute atomic E-state index is 0.238. The normalized spacial score (nSPS) is 11.9. The molecule has 2 heterocycles. The lowest BCUT2D eigenvalue weighted by atomic mass is 10.4. The van der Waals surface area contributed by atoms with Gasteiger partial charge >= 0.3 is 0 Å². The minimum Gasteiger partial charge on any atom is -0.265 e. The van der Waals surface area contributed by atoms with Gasteiger partial charge in [-0.15, -0.1) is 11.3 Å². The number of aryl methyl sites for hydroxylation is 2. The molecule has 0 amide bonds. The summed E-state index contributed by atoms with van der Waals surface area (Å²) < 4.78 is 24.2. The number of aromatic nitrogens is 3. The molecule has 0 saturated carbocycles. The SMILES string of the molecule is Cc1nc(Cn2cc(S(C)(=O)=O)cn2)c(C)s1. The lowest BCUT2D eigenvalue weighted by Gasteiger charge is -1.98. The Hall–Kier alpha value is -1.21. The van der Waals surface area contributed by atoms with Crippen molar-refractivity contribution >= 4 is 21.2 Å². The summed E-state index contributed by atoms with van der Waals surface area (Å²) in [4.78, 5) is 5.76. The number of sulfone groups is 1. The summed E-state index contributed by atoms with van der Waals surface area (Å²) in [6, 6.07) is 0. The van der Waals surface area contributed by atoms with Gasteiger partial charge in [-0.05, 0) is 13.8 Å². The average Bonchev–Trinajstić information content (AvgIpc) is 2.74. The second kappa shape index (κ2) is 4.23. The summed E-state index contributed by atoms with van der Waals surface area (Å²) >= 11 is 1.63. The summed E-state index contributed by atoms with van der Waals surface area (Å²) in [5.74, 6) is 0. The van der Waals surface area contributed by atoms with Crippen molar-refractivity contribution in [3.05, 3.63) is 28.0 Å². The van der Waals surface area contributed by atoms with E-state index < -0.39 is 9.84 Å². The van der Waals surface area contributed by atoms with E-state index in [9.17, 15) is 8.42 Å². The van der Waals surface area contributed by atoms with Gasteiger partial charge in [0.05, 0.1) is 23.4 Å². The first-order chi connectivity index (χ1) is 7.86. The van der Waals surface area contributed by atoms with E-state index in [0.29, 0.717) is 6.54 Å². The minimum atomic E-state index is -3.18. The maximum absolute atomic E-state index is 11.3. The van der Waals surface area contributed by atoms with Gasteiger partial charge < -0.3 is 0 Å². The Labute approximate surface area is 104 Å². The molecule has 7 heteroatoms. The van der Waals surface area contributed by atoms with Crippen LogP contribution in [0.1, 0.15) is 15.6 Å². The average molecular weight is 271 g/mol. The van der Waals surface area contributed by atoms with Crippen molar-refractivity contribution in [2.75, 3.05) is 6.26 Å². The molecule has 0 atom stereocenters. The number of hydrogen-bond donors (Lipinski definition) is 0. The first kappa shape index (κ1) is 12.3. The predicted octanol–water partition coefficient (Wildman–Crippen LogP) is 1.41. The zero-order valence-corrected chi connectivity index (χ0v) is 11.5. The van der Waals surface area contributed by atoms with Crippen LogP contribution in [0.2, 0.25) is 0 Å². The molecule has 2 aromatic heterocycles. The van der Waals surface area contributed by atoms with Crippen molar-refractivity contribution in [2.24, 2.45) is 0 Å². The Bertz CT molecular complexity index is 640. The van der Waals surface area contributed by atoms with Gasteiger partial charge in [-0.3, -0.25) is 4.68 Å². The van der Waals surface area contributed by atoms with Gasteiger partial charge in [-0.1, -0.05) is 0 Å². The molecular weight excluding hydrogens is 258 g/mol. The van der Waals surface area contributed by atoms with E-state index in [1.807, 2.05) is 13.8 Å². The maximum atomic E-state index is 11.3. The summed E-state index contributed by atoms with van der Waals surface area (Å²) in [5.41, 5.74) is 0.940. The van der Waals surface area contributed by atoms with Crippen molar-refractivity contribution in [3.8, 4) is 0 Å². The third kappa shape index (κ3) is 2.73. The maximum Gasteiger partial charge on any atom is 0.178 e. The Balaban J connectivity index is 2.26. The Morgan fingerprint density at radius 3 is 2.59 bits per heavy atom. The molecule has 0 radical (unpaired) electrons. The number of nitrogens with zero attached hydrogens (tertiary/aromatic N) is 3. The molecule has 0 bridgehead atoms. The van der Waals surface area contributed by atoms with Gasteiger partial charge in [0.15, 0.2) is 9.84 Å². The van der Waals surface area contributed by atoms with Gasteiger partial charge in [0.1, 0.15) is 4.90 Å². The molecule has 0 aliphatic rings. The number of hydrogen-bond acceptors (Lipinski definition) is 5. The molecule has 92 valence electrons. The highest BCUT2D eigenvalue weighted by Crippen LogP contribution is 2.17. The Morgan fingerprint density at radius 2 is 2.12 bits per heavy atom. The van der Waals surface area contributed by atoms with Crippen LogP contribution in [0.15, 0.2) is 17.3 Å². The second-order valence-corrected chi connectivity index (χ2v) is 7.30. The molecular formula is C10H13N3O2S2. The van der Waals surface area contributed by atoms with E-state index in [1.165, 1.54) is 18.6 Å². The second-order valence-electron chi connectivity index (χ2n) is 3.88. The lowest BCUT2D eigenvalue weighted by Crippen LogP contribution is -2.02. The lowest BCUT2D eigenvalue weighted by molar-refractivity contribution is 0.601. The van der Waals surface area contributed by atoms with Crippen LogP contribution in [-0.2, 0) is 16.4 Å². The molecule has 0 unspecified atom stereocenters. The summed E-state index contributed by atoms with van der Waals surface area (Å²) in [6.07, 6.45) is 4.07. The molecule has 17 heavy (non-hydrogen) atoms. The number of thiazole rings is 1. The summed E-state index contributed by atoms with van der Waals surface area (Å²) in [7, 11) is -3.18. The van der Waals surface area contributed by atoms with Crippen LogP contribution in [-0.4, -0.2) is 29.4 Å². The molecule has 2 aromatic rings. The van der Waals surface area contributed by atoms with Gasteiger partial charge in [0, 0.05) is 17.3 Å². The molecule has 0 saturated heterocycles. The zero-order chi connectivity index (χ0) is 12.6. The molecule has 0 aromatic carbocycles. The van der Waals surface area contributed by atoms with E-state index in [0.717, 1.165) is 15.6 Å². The topological polar surface area (TPSA) is 64.8 Å². The third-order valence-corrected chi connectivity index (χ3v) is 4.34. The highest BCUT2D eigenvalue weighted by atomic mass is 32.2. The first-order valence-electron chi connectivity index (χ1n) is 5.01. The fraction of sp³-hybridized carbons (Fsp3) is 0.400. The highest BCUT2D eigenvalue weighted by Gasteiger charge is 2.11. The highest BCUT2D eigenvalue weighted by molar-refractivity contribution is 7.90. The van der Waals surface area contributed by atoms with Crippen molar-refractivity contribution in [1.82, 2.24) is 14.8 Å². The van der Waals surface area contributed by atoms with E-state index in [2.05, 4.69) is 10.1 Å². The molecule has 2 rings (SSSR count). The van der Waals surface area contributed by atoms with Crippen molar-refractivity contribution < 1.29 is 8.42 Å². The van der Waals surface area contributed by atoms with Crippen molar-refractivity contribution in [2.45, 2.75) is 25.3 Å². The molecule has 0 spiro atoms. The smallest absolute Gasteiger partial charge is 0.178 e. The molecule has 0 fully saturated rings. The van der Waals surface area contributed by atoms with Crippen LogP contribution in [0.25, 0.3) is 0 Å². The van der Waals surface area contributed by atoms with Crippen LogP contribution in [0.3, 0.4) is 0 Å². The number of rotatable bonds is 3. The summed E-state index contributed by atoms with van der Waals surface area (Å²) in [6.45, 7) is 4.46. The molecule has 0 aliphatic heterocycles. The predicted molar refractivity (Wildman–Crippen MR) is 66.0 cm³/mol. The third-order valence-electron chi connectivity index (χ3n) is 2.35. The first-order valence-corrected chi connectivity index (χ1v) is 7.72. The van der Waals surface area contributed by atoms with Crippen LogP contribution in [0, 0.1) is 13.8 Å². The van der Waals surface area contributed by atoms with Crippen LogP contribution < -0.4 is 0 Å². The van der Waals surface area contributed by atoms with E-state index in [4.69, 9.17) is 0 Å². The molecule has 5 nitrogen and oxygen atoms in total. The largest absolute Gasteiger partial charge is 0.265 e. The fourth-order valence-corrected chi connectivity index (χ4v) is 2.87. The van der Waals surface area contributed by atoms with Crippen LogP contribution in [0.5, 0.6) is 0 Å². The molecule has 0 N–H and O–H groups in total. The standard InChI is InChI=1S/C10H13N3O2S2/c1-7-10(12-8(2)16-7)6-13-5-9(4-11-13)17(3,14)15/h4-5H,6H2,1-3H3. The van der Waals surface area contributed by atoms with E-state index in [1.54, 1.807) is 16.0 Å². The van der Waals surface area contributed by atoms with Crippen molar-refractivity contribution in [1.29, 1.82) is 0 Å². The van der Waals surface area contributed by atoms with Crippen LogP contribution >= 0.6 is 11.3 Å². The van der Waals surface area contributed by atoms with Gasteiger partial charge in [0.2, 0.25) is 0 Å². The van der Waals surface area contributed by atoms with Gasteiger partial charge in [-0.2, -0.15) is 5.10 Å². The van der Waals surface area contributed by atoms with Crippen LogP contribution in [0.4, 0.5) is 0 Å². The van der Waals surface area contributed by atoms with Gasteiger partial charge in [-0.25, -0.2) is 13.4 Å². The Morgan fingerprint density at radius 1 is 1.41 bits per heavy atom. The quantitative estimate of drug-likeness (QED) is 0.846. The Kier molecular flexibility index (Phi) is 3.05. The monoisotopic (exact) mass is 271 g/mol. The fourth-order valence-electron chi connectivity index (χ4n) is 1.49. The zero-order valence-electron chi connectivity index (χ0n) is 9.84.